The van der Waals surface area contributed by atoms with E-state index in [9.17, 15) is 9.59 Å². The third kappa shape index (κ3) is 5.84. The fourth-order valence-electron chi connectivity index (χ4n) is 2.28. The van der Waals surface area contributed by atoms with Crippen LogP contribution < -0.4 is 21.1 Å². The largest absolute Gasteiger partial charge is 0.489 e. The number of rotatable bonds is 7. The number of urea groups is 1. The Bertz CT molecular complexity index is 700. The van der Waals surface area contributed by atoms with E-state index in [1.54, 1.807) is 24.3 Å². The number of carbonyl (C=O) groups excluding carboxylic acids is 2. The molecule has 0 spiro atoms. The molecule has 4 N–H and O–H groups in total. The fraction of sp³-hybridized carbons (Fsp3) is 0.263. The van der Waals surface area contributed by atoms with Gasteiger partial charge in [-0.25, -0.2) is 4.79 Å². The zero-order valence-corrected chi connectivity index (χ0v) is 14.4. The second-order valence-electron chi connectivity index (χ2n) is 6.02. The summed E-state index contributed by atoms with van der Waals surface area (Å²) in [6.45, 7) is 4.14. The minimum atomic E-state index is -0.724. The van der Waals surface area contributed by atoms with Crippen molar-refractivity contribution in [1.82, 2.24) is 5.32 Å². The summed E-state index contributed by atoms with van der Waals surface area (Å²) >= 11 is 0. The topological polar surface area (TPSA) is 93.5 Å². The van der Waals surface area contributed by atoms with Crippen molar-refractivity contribution in [3.8, 4) is 5.75 Å². The molecule has 2 aromatic carbocycles. The molecular weight excluding hydrogens is 318 g/mol. The summed E-state index contributed by atoms with van der Waals surface area (Å²) in [4.78, 5) is 23.3. The summed E-state index contributed by atoms with van der Waals surface area (Å²) in [7, 11) is 0. The molecule has 0 saturated heterocycles. The zero-order chi connectivity index (χ0) is 18.2. The number of primary amides is 1. The molecule has 0 unspecified atom stereocenters. The van der Waals surface area contributed by atoms with Gasteiger partial charge in [0, 0.05) is 5.69 Å². The van der Waals surface area contributed by atoms with Crippen LogP contribution in [0.15, 0.2) is 54.6 Å². The maximum atomic E-state index is 12.3. The van der Waals surface area contributed by atoms with Gasteiger partial charge in [0.25, 0.3) is 0 Å². The Balaban J connectivity index is 1.92. The summed E-state index contributed by atoms with van der Waals surface area (Å²) in [6, 6.07) is 15.5. The van der Waals surface area contributed by atoms with Gasteiger partial charge in [-0.05, 0) is 35.7 Å². The van der Waals surface area contributed by atoms with Gasteiger partial charge in [-0.1, -0.05) is 44.2 Å². The minimum Gasteiger partial charge on any atom is -0.489 e. The average Bonchev–Trinajstić information content (AvgIpc) is 2.59. The van der Waals surface area contributed by atoms with Crippen LogP contribution in [0.25, 0.3) is 0 Å². The molecule has 0 saturated carbocycles. The normalized spacial score (nSPS) is 11.6. The van der Waals surface area contributed by atoms with Crippen molar-refractivity contribution < 1.29 is 14.3 Å². The predicted molar refractivity (Wildman–Crippen MR) is 97.2 cm³/mol. The molecule has 1 atom stereocenters. The van der Waals surface area contributed by atoms with Crippen LogP contribution in [0.5, 0.6) is 5.75 Å². The minimum absolute atomic E-state index is 0.0824. The van der Waals surface area contributed by atoms with Crippen LogP contribution in [0.1, 0.15) is 19.4 Å². The van der Waals surface area contributed by atoms with E-state index in [1.165, 1.54) is 0 Å². The van der Waals surface area contributed by atoms with E-state index in [4.69, 9.17) is 10.5 Å². The van der Waals surface area contributed by atoms with Gasteiger partial charge in [-0.15, -0.1) is 0 Å². The lowest BCUT2D eigenvalue weighted by atomic mass is 10.0. The van der Waals surface area contributed by atoms with Gasteiger partial charge in [-0.2, -0.15) is 0 Å². The van der Waals surface area contributed by atoms with E-state index in [1.807, 2.05) is 44.2 Å². The second kappa shape index (κ2) is 8.73. The SMILES string of the molecule is CC(C)[C@H](NC(N)=O)C(=O)Nc1ccc(OCc2ccccc2)cc1. The first-order valence-electron chi connectivity index (χ1n) is 8.09. The lowest BCUT2D eigenvalue weighted by molar-refractivity contribution is -0.118. The molecule has 25 heavy (non-hydrogen) atoms. The van der Waals surface area contributed by atoms with Crippen LogP contribution in [0.2, 0.25) is 0 Å². The highest BCUT2D eigenvalue weighted by Gasteiger charge is 2.23. The van der Waals surface area contributed by atoms with Crippen molar-refractivity contribution in [3.63, 3.8) is 0 Å². The number of ether oxygens (including phenoxy) is 1. The van der Waals surface area contributed by atoms with Gasteiger partial charge in [0.05, 0.1) is 0 Å². The van der Waals surface area contributed by atoms with Gasteiger partial charge in [0.2, 0.25) is 5.91 Å². The number of amides is 3. The molecule has 0 fully saturated rings. The van der Waals surface area contributed by atoms with Gasteiger partial charge < -0.3 is 21.1 Å². The molecule has 132 valence electrons. The highest BCUT2D eigenvalue weighted by molar-refractivity contribution is 5.97. The van der Waals surface area contributed by atoms with Crippen molar-refractivity contribution >= 4 is 17.6 Å². The Morgan fingerprint density at radius 1 is 1.04 bits per heavy atom. The van der Waals surface area contributed by atoms with Gasteiger partial charge in [0.1, 0.15) is 18.4 Å². The summed E-state index contributed by atoms with van der Waals surface area (Å²) in [6.07, 6.45) is 0. The smallest absolute Gasteiger partial charge is 0.312 e. The lowest BCUT2D eigenvalue weighted by Crippen LogP contribution is -2.49. The Morgan fingerprint density at radius 2 is 1.68 bits per heavy atom. The number of anilines is 1. The van der Waals surface area contributed by atoms with E-state index < -0.39 is 12.1 Å². The summed E-state index contributed by atoms with van der Waals surface area (Å²) in [5.74, 6) is 0.310. The summed E-state index contributed by atoms with van der Waals surface area (Å²) in [5.41, 5.74) is 6.82. The summed E-state index contributed by atoms with van der Waals surface area (Å²) in [5, 5.41) is 5.22. The van der Waals surface area contributed by atoms with Crippen LogP contribution in [0.4, 0.5) is 10.5 Å². The van der Waals surface area contributed by atoms with E-state index >= 15 is 0 Å². The first-order valence-corrected chi connectivity index (χ1v) is 8.09. The Hall–Kier alpha value is -3.02. The first-order chi connectivity index (χ1) is 12.0. The highest BCUT2D eigenvalue weighted by atomic mass is 16.5. The van der Waals surface area contributed by atoms with Crippen LogP contribution >= 0.6 is 0 Å². The van der Waals surface area contributed by atoms with E-state index in [2.05, 4.69) is 10.6 Å². The van der Waals surface area contributed by atoms with E-state index in [0.29, 0.717) is 18.0 Å². The molecule has 0 aliphatic carbocycles. The Labute approximate surface area is 147 Å². The molecule has 2 aromatic rings. The quantitative estimate of drug-likeness (QED) is 0.723. The number of hydrogen-bond acceptors (Lipinski definition) is 3. The number of benzene rings is 2. The lowest BCUT2D eigenvalue weighted by Gasteiger charge is -2.20. The van der Waals surface area contributed by atoms with Crippen molar-refractivity contribution in [2.24, 2.45) is 11.7 Å². The molecule has 0 bridgehead atoms. The third-order valence-electron chi connectivity index (χ3n) is 3.62. The molecule has 6 nitrogen and oxygen atoms in total. The zero-order valence-electron chi connectivity index (χ0n) is 14.4. The van der Waals surface area contributed by atoms with Crippen molar-refractivity contribution in [2.45, 2.75) is 26.5 Å². The molecule has 0 aliphatic heterocycles. The van der Waals surface area contributed by atoms with Crippen molar-refractivity contribution in [3.05, 3.63) is 60.2 Å². The standard InChI is InChI=1S/C19H23N3O3/c1-13(2)17(22-19(20)24)18(23)21-15-8-10-16(11-9-15)25-12-14-6-4-3-5-7-14/h3-11,13,17H,12H2,1-2H3,(H,21,23)(H3,20,22,24)/t17-/m0/s1. The molecule has 0 heterocycles. The molecule has 3 amide bonds. The van der Waals surface area contributed by atoms with Crippen LogP contribution in [-0.2, 0) is 11.4 Å². The molecule has 0 aromatic heterocycles. The predicted octanol–water partition coefficient (Wildman–Crippen LogP) is 2.90. The number of nitrogens with two attached hydrogens (primary N) is 1. The Morgan fingerprint density at radius 3 is 2.24 bits per heavy atom. The number of nitrogens with one attached hydrogen (secondary N) is 2. The molecule has 6 heteroatoms. The molecule has 0 aliphatic rings. The van der Waals surface area contributed by atoms with Crippen LogP contribution in [-0.4, -0.2) is 18.0 Å². The van der Waals surface area contributed by atoms with Crippen LogP contribution in [0, 0.1) is 5.92 Å². The van der Waals surface area contributed by atoms with Gasteiger partial charge >= 0.3 is 6.03 Å². The van der Waals surface area contributed by atoms with Crippen LogP contribution in [0.3, 0.4) is 0 Å². The van der Waals surface area contributed by atoms with E-state index in [-0.39, 0.29) is 11.8 Å². The second-order valence-corrected chi connectivity index (χ2v) is 6.02. The molecule has 2 rings (SSSR count). The maximum absolute atomic E-state index is 12.3. The van der Waals surface area contributed by atoms with E-state index in [0.717, 1.165) is 5.56 Å². The average molecular weight is 341 g/mol. The van der Waals surface area contributed by atoms with Gasteiger partial charge in [0.15, 0.2) is 0 Å². The molecular formula is C19H23N3O3. The fourth-order valence-corrected chi connectivity index (χ4v) is 2.28. The summed E-state index contributed by atoms with van der Waals surface area (Å²) < 4.78 is 5.70. The number of carbonyl (C=O) groups is 2. The number of hydrogen-bond donors (Lipinski definition) is 3. The van der Waals surface area contributed by atoms with Crippen molar-refractivity contribution in [1.29, 1.82) is 0 Å². The maximum Gasteiger partial charge on any atom is 0.312 e. The molecule has 0 radical (unpaired) electrons. The highest BCUT2D eigenvalue weighted by Crippen LogP contribution is 2.18. The monoisotopic (exact) mass is 341 g/mol. The van der Waals surface area contributed by atoms with Crippen molar-refractivity contribution in [2.75, 3.05) is 5.32 Å². The third-order valence-corrected chi connectivity index (χ3v) is 3.62. The van der Waals surface area contributed by atoms with Gasteiger partial charge in [-0.3, -0.25) is 4.79 Å². The Kier molecular flexibility index (Phi) is 6.39. The first kappa shape index (κ1) is 18.3.